The maximum absolute atomic E-state index is 5.52. The summed E-state index contributed by atoms with van der Waals surface area (Å²) < 4.78 is 5.52. The summed E-state index contributed by atoms with van der Waals surface area (Å²) in [5, 5.41) is 0. The molecule has 18 heavy (non-hydrogen) atoms. The maximum Gasteiger partial charge on any atom is 0.0981 e. The summed E-state index contributed by atoms with van der Waals surface area (Å²) >= 11 is 0. The van der Waals surface area contributed by atoms with Gasteiger partial charge in [-0.1, -0.05) is 66.4 Å². The first-order valence-corrected chi connectivity index (χ1v) is 6.53. The van der Waals surface area contributed by atoms with Crippen LogP contribution in [-0.4, -0.2) is 16.8 Å². The Bertz CT molecular complexity index is 439. The third-order valence-electron chi connectivity index (χ3n) is 2.83. The summed E-state index contributed by atoms with van der Waals surface area (Å²) in [6.07, 6.45) is 1.66. The zero-order valence-corrected chi connectivity index (χ0v) is 11.1. The molecule has 0 spiro atoms. The standard InChI is InChI=1S/C16H15OSi/c18-12-11-17-13-16(14-7-3-1-4-8-14)15-9-5-2-6-10-15/h1-12,16H,13H2. The molecule has 0 amide bonds. The van der Waals surface area contributed by atoms with Crippen molar-refractivity contribution in [1.29, 1.82) is 0 Å². The van der Waals surface area contributed by atoms with Crippen LogP contribution in [0.3, 0.4) is 0 Å². The topological polar surface area (TPSA) is 9.23 Å². The van der Waals surface area contributed by atoms with E-state index < -0.39 is 0 Å². The van der Waals surface area contributed by atoms with Gasteiger partial charge in [0.25, 0.3) is 0 Å². The normalized spacial score (nSPS) is 11.0. The second-order valence-electron chi connectivity index (χ2n) is 4.01. The summed E-state index contributed by atoms with van der Waals surface area (Å²) in [5.41, 5.74) is 4.25. The smallest absolute Gasteiger partial charge is 0.0981 e. The summed E-state index contributed by atoms with van der Waals surface area (Å²) in [5.74, 6) is 0.260. The zero-order chi connectivity index (χ0) is 12.6. The van der Waals surface area contributed by atoms with Crippen LogP contribution < -0.4 is 0 Å². The number of hydrogen-bond acceptors (Lipinski definition) is 1. The van der Waals surface area contributed by atoms with Gasteiger partial charge in [-0.25, -0.2) is 0 Å². The largest absolute Gasteiger partial charge is 0.501 e. The van der Waals surface area contributed by atoms with Crippen LogP contribution in [0, 0.1) is 0 Å². The van der Waals surface area contributed by atoms with E-state index in [1.807, 2.05) is 12.1 Å². The highest BCUT2D eigenvalue weighted by atomic mass is 28.1. The molecule has 89 valence electrons. The molecule has 2 aromatic rings. The summed E-state index contributed by atoms with van der Waals surface area (Å²) in [6.45, 7) is 0.634. The number of rotatable bonds is 5. The second-order valence-corrected chi connectivity index (χ2v) is 4.34. The van der Waals surface area contributed by atoms with Crippen LogP contribution in [-0.2, 0) is 4.74 Å². The van der Waals surface area contributed by atoms with Gasteiger partial charge >= 0.3 is 0 Å². The Morgan fingerprint density at radius 1 is 0.889 bits per heavy atom. The molecule has 0 saturated carbocycles. The lowest BCUT2D eigenvalue weighted by Gasteiger charge is -2.17. The first kappa shape index (κ1) is 12.6. The fourth-order valence-electron chi connectivity index (χ4n) is 1.96. The van der Waals surface area contributed by atoms with E-state index in [-0.39, 0.29) is 5.92 Å². The quantitative estimate of drug-likeness (QED) is 0.584. The molecule has 3 radical (unpaired) electrons. The second kappa shape index (κ2) is 6.82. The molecule has 0 fully saturated rings. The van der Waals surface area contributed by atoms with Crippen molar-refractivity contribution in [2.75, 3.05) is 6.61 Å². The minimum atomic E-state index is 0.260. The lowest BCUT2D eigenvalue weighted by atomic mass is 9.92. The number of benzene rings is 2. The van der Waals surface area contributed by atoms with E-state index in [1.54, 1.807) is 12.0 Å². The monoisotopic (exact) mass is 251 g/mol. The number of ether oxygens (including phenoxy) is 1. The molecule has 0 bridgehead atoms. The molecular weight excluding hydrogens is 236 g/mol. The van der Waals surface area contributed by atoms with Crippen molar-refractivity contribution in [3.8, 4) is 0 Å². The van der Waals surface area contributed by atoms with Gasteiger partial charge < -0.3 is 4.74 Å². The molecule has 0 unspecified atom stereocenters. The van der Waals surface area contributed by atoms with Gasteiger partial charge in [0.2, 0.25) is 0 Å². The molecule has 2 rings (SSSR count). The van der Waals surface area contributed by atoms with E-state index in [0.717, 1.165) is 0 Å². The van der Waals surface area contributed by atoms with E-state index in [4.69, 9.17) is 4.74 Å². The molecule has 0 aliphatic rings. The van der Waals surface area contributed by atoms with Gasteiger partial charge in [0.05, 0.1) is 23.1 Å². The van der Waals surface area contributed by atoms with Crippen molar-refractivity contribution in [3.05, 3.63) is 83.8 Å². The fourth-order valence-corrected chi connectivity index (χ4v) is 2.05. The lowest BCUT2D eigenvalue weighted by molar-refractivity contribution is 0.239. The predicted octanol–water partition coefficient (Wildman–Crippen LogP) is 3.47. The third-order valence-corrected chi connectivity index (χ3v) is 2.97. The van der Waals surface area contributed by atoms with Crippen molar-refractivity contribution in [1.82, 2.24) is 0 Å². The Labute approximate surface area is 112 Å². The van der Waals surface area contributed by atoms with Crippen LogP contribution in [0.4, 0.5) is 0 Å². The first-order chi connectivity index (χ1) is 8.92. The minimum absolute atomic E-state index is 0.260. The minimum Gasteiger partial charge on any atom is -0.501 e. The van der Waals surface area contributed by atoms with Crippen LogP contribution in [0.1, 0.15) is 17.0 Å². The SMILES string of the molecule is [Si]C=COCC(c1ccccc1)c1ccccc1. The predicted molar refractivity (Wildman–Crippen MR) is 75.6 cm³/mol. The molecule has 0 aliphatic carbocycles. The van der Waals surface area contributed by atoms with Gasteiger partial charge in [-0.3, -0.25) is 0 Å². The molecule has 1 nitrogen and oxygen atoms in total. The van der Waals surface area contributed by atoms with Gasteiger partial charge in [0.1, 0.15) is 0 Å². The van der Waals surface area contributed by atoms with E-state index in [9.17, 15) is 0 Å². The van der Waals surface area contributed by atoms with Gasteiger partial charge in [-0.15, -0.1) is 0 Å². The Kier molecular flexibility index (Phi) is 4.79. The van der Waals surface area contributed by atoms with Crippen LogP contribution in [0.15, 0.2) is 72.6 Å². The molecule has 0 aliphatic heterocycles. The van der Waals surface area contributed by atoms with Gasteiger partial charge in [-0.2, -0.15) is 0 Å². The Morgan fingerprint density at radius 3 is 1.83 bits per heavy atom. The molecule has 0 atom stereocenters. The number of hydrogen-bond donors (Lipinski definition) is 0. The van der Waals surface area contributed by atoms with E-state index in [2.05, 4.69) is 58.8 Å². The van der Waals surface area contributed by atoms with Gasteiger partial charge in [0, 0.05) is 5.92 Å². The Balaban J connectivity index is 2.23. The molecule has 0 aromatic heterocycles. The van der Waals surface area contributed by atoms with Crippen LogP contribution in [0.25, 0.3) is 0 Å². The summed E-state index contributed by atoms with van der Waals surface area (Å²) in [7, 11) is 3.25. The molecular formula is C16H15OSi. The lowest BCUT2D eigenvalue weighted by Crippen LogP contribution is -2.07. The van der Waals surface area contributed by atoms with E-state index >= 15 is 0 Å². The third kappa shape index (κ3) is 3.34. The molecule has 2 aromatic carbocycles. The van der Waals surface area contributed by atoms with Crippen LogP contribution in [0.2, 0.25) is 0 Å². The zero-order valence-electron chi connectivity index (χ0n) is 10.1. The molecule has 2 heteroatoms. The Morgan fingerprint density at radius 2 is 1.39 bits per heavy atom. The van der Waals surface area contributed by atoms with Crippen LogP contribution in [0.5, 0.6) is 0 Å². The average Bonchev–Trinajstić information content (AvgIpc) is 2.46. The first-order valence-electron chi connectivity index (χ1n) is 5.95. The fraction of sp³-hybridized carbons (Fsp3) is 0.125. The molecule has 0 heterocycles. The van der Waals surface area contributed by atoms with Gasteiger partial charge in [-0.05, 0) is 11.1 Å². The van der Waals surface area contributed by atoms with Crippen molar-refractivity contribution in [3.63, 3.8) is 0 Å². The van der Waals surface area contributed by atoms with Gasteiger partial charge in [0.15, 0.2) is 0 Å². The maximum atomic E-state index is 5.52. The van der Waals surface area contributed by atoms with E-state index in [1.165, 1.54) is 11.1 Å². The van der Waals surface area contributed by atoms with Crippen molar-refractivity contribution in [2.45, 2.75) is 5.92 Å². The molecule has 0 saturated heterocycles. The summed E-state index contributed by atoms with van der Waals surface area (Å²) in [6, 6.07) is 20.9. The molecule has 0 N–H and O–H groups in total. The van der Waals surface area contributed by atoms with Crippen molar-refractivity contribution >= 4 is 10.2 Å². The average molecular weight is 251 g/mol. The Hall–Kier alpha value is -1.80. The highest BCUT2D eigenvalue weighted by molar-refractivity contribution is 6.16. The highest BCUT2D eigenvalue weighted by Gasteiger charge is 2.13. The van der Waals surface area contributed by atoms with Crippen molar-refractivity contribution in [2.24, 2.45) is 0 Å². The van der Waals surface area contributed by atoms with E-state index in [0.29, 0.717) is 6.61 Å². The highest BCUT2D eigenvalue weighted by Crippen LogP contribution is 2.24. The summed E-state index contributed by atoms with van der Waals surface area (Å²) in [4.78, 5) is 0. The van der Waals surface area contributed by atoms with Crippen molar-refractivity contribution < 1.29 is 4.74 Å². The van der Waals surface area contributed by atoms with Crippen LogP contribution >= 0.6 is 0 Å².